The molecule has 0 spiro atoms. The largest absolute Gasteiger partial charge is 0.474 e. The van der Waals surface area contributed by atoms with Gasteiger partial charge in [0, 0.05) is 46.5 Å². The third-order valence-corrected chi connectivity index (χ3v) is 7.16. The fourth-order valence-corrected chi connectivity index (χ4v) is 3.48. The van der Waals surface area contributed by atoms with E-state index < -0.39 is 14.5 Å². The standard InChI is InChI=1S/C19H30N4O2S/c1-7-17(20)15-10-23-18(16-11-22-12(2)8-14(15)16)25-13(3)9-19(4,5)26(6,21)24/h8,10-11,13,17,21H,7,9,20H2,1-6H3. The third-order valence-electron chi connectivity index (χ3n) is 4.89. The normalized spacial score (nSPS) is 16.9. The first kappa shape index (κ1) is 20.6. The molecule has 2 heterocycles. The second-order valence-corrected chi connectivity index (χ2v) is 10.4. The first-order valence-corrected chi connectivity index (χ1v) is 10.8. The highest BCUT2D eigenvalue weighted by atomic mass is 32.2. The minimum atomic E-state index is -2.69. The molecule has 0 fully saturated rings. The molecule has 3 unspecified atom stereocenters. The molecular formula is C19H30N4O2S. The van der Waals surface area contributed by atoms with Crippen LogP contribution in [0.4, 0.5) is 0 Å². The number of aryl methyl sites for hydroxylation is 1. The average Bonchev–Trinajstić information content (AvgIpc) is 2.52. The van der Waals surface area contributed by atoms with Crippen LogP contribution in [0.15, 0.2) is 18.5 Å². The van der Waals surface area contributed by atoms with Gasteiger partial charge in [-0.25, -0.2) is 9.19 Å². The van der Waals surface area contributed by atoms with Crippen LogP contribution in [0.25, 0.3) is 10.8 Å². The number of aromatic nitrogens is 2. The first-order chi connectivity index (χ1) is 12.0. The molecule has 2 aromatic rings. The second-order valence-electron chi connectivity index (χ2n) is 7.64. The van der Waals surface area contributed by atoms with Gasteiger partial charge >= 0.3 is 0 Å². The van der Waals surface area contributed by atoms with Crippen molar-refractivity contribution in [2.24, 2.45) is 5.73 Å². The van der Waals surface area contributed by atoms with E-state index in [1.54, 1.807) is 12.4 Å². The van der Waals surface area contributed by atoms with Gasteiger partial charge in [-0.05, 0) is 51.1 Å². The molecule has 0 aliphatic rings. The van der Waals surface area contributed by atoms with Gasteiger partial charge in [0.1, 0.15) is 0 Å². The third kappa shape index (κ3) is 4.32. The van der Waals surface area contributed by atoms with Gasteiger partial charge in [-0.1, -0.05) is 6.92 Å². The second kappa shape index (κ2) is 7.48. The van der Waals surface area contributed by atoms with Crippen molar-refractivity contribution < 1.29 is 8.95 Å². The van der Waals surface area contributed by atoms with Gasteiger partial charge in [0.25, 0.3) is 0 Å². The predicted octanol–water partition coefficient (Wildman–Crippen LogP) is 3.96. The fourth-order valence-electron chi connectivity index (χ4n) is 2.93. The molecule has 0 aliphatic heterocycles. The van der Waals surface area contributed by atoms with E-state index >= 15 is 0 Å². The Balaban J connectivity index is 2.39. The van der Waals surface area contributed by atoms with Crippen LogP contribution in [0.5, 0.6) is 5.88 Å². The smallest absolute Gasteiger partial charge is 0.223 e. The molecule has 7 heteroatoms. The van der Waals surface area contributed by atoms with E-state index in [0.717, 1.165) is 28.5 Å². The molecule has 2 aromatic heterocycles. The SMILES string of the molecule is CCC(N)c1cnc(OC(C)CC(C)(C)S(C)(=N)=O)c2cnc(C)cc12. The maximum absolute atomic E-state index is 12.2. The molecule has 144 valence electrons. The van der Waals surface area contributed by atoms with Gasteiger partial charge in [0.05, 0.1) is 16.2 Å². The molecule has 2 rings (SSSR count). The van der Waals surface area contributed by atoms with E-state index in [0.29, 0.717) is 12.3 Å². The zero-order chi connectivity index (χ0) is 19.7. The highest BCUT2D eigenvalue weighted by molar-refractivity contribution is 7.93. The minimum Gasteiger partial charge on any atom is -0.474 e. The molecule has 3 atom stereocenters. The van der Waals surface area contributed by atoms with Gasteiger partial charge in [0.2, 0.25) is 5.88 Å². The van der Waals surface area contributed by atoms with E-state index in [4.69, 9.17) is 15.3 Å². The van der Waals surface area contributed by atoms with Gasteiger partial charge in [-0.2, -0.15) is 0 Å². The number of nitrogens with two attached hydrogens (primary N) is 1. The maximum Gasteiger partial charge on any atom is 0.223 e. The van der Waals surface area contributed by atoms with Crippen LogP contribution in [0, 0.1) is 11.7 Å². The van der Waals surface area contributed by atoms with Crippen LogP contribution in [-0.2, 0) is 9.73 Å². The first-order valence-electron chi connectivity index (χ1n) is 8.87. The maximum atomic E-state index is 12.2. The van der Waals surface area contributed by atoms with Crippen molar-refractivity contribution in [3.63, 3.8) is 0 Å². The molecule has 0 bridgehead atoms. The van der Waals surface area contributed by atoms with Crippen LogP contribution >= 0.6 is 0 Å². The van der Waals surface area contributed by atoms with Gasteiger partial charge < -0.3 is 10.5 Å². The van der Waals surface area contributed by atoms with E-state index in [1.165, 1.54) is 6.26 Å². The van der Waals surface area contributed by atoms with Crippen LogP contribution < -0.4 is 10.5 Å². The van der Waals surface area contributed by atoms with Crippen molar-refractivity contribution >= 4 is 20.5 Å². The molecule has 0 amide bonds. The molecule has 0 aliphatic carbocycles. The van der Waals surface area contributed by atoms with E-state index in [9.17, 15) is 4.21 Å². The Morgan fingerprint density at radius 1 is 1.31 bits per heavy atom. The summed E-state index contributed by atoms with van der Waals surface area (Å²) in [5.74, 6) is 0.496. The summed E-state index contributed by atoms with van der Waals surface area (Å²) in [6.45, 7) is 9.57. The molecular weight excluding hydrogens is 348 g/mol. The Kier molecular flexibility index (Phi) is 5.92. The summed E-state index contributed by atoms with van der Waals surface area (Å²) in [5.41, 5.74) is 8.13. The van der Waals surface area contributed by atoms with Crippen molar-refractivity contribution in [1.82, 2.24) is 9.97 Å². The topological polar surface area (TPSA) is 102 Å². The Morgan fingerprint density at radius 2 is 1.96 bits per heavy atom. The van der Waals surface area contributed by atoms with Gasteiger partial charge in [-0.15, -0.1) is 0 Å². The lowest BCUT2D eigenvalue weighted by atomic mass is 10.0. The van der Waals surface area contributed by atoms with Crippen molar-refractivity contribution in [3.8, 4) is 5.88 Å². The summed E-state index contributed by atoms with van der Waals surface area (Å²) < 4.78 is 25.5. The minimum absolute atomic E-state index is 0.0923. The Labute approximate surface area is 156 Å². The predicted molar refractivity (Wildman–Crippen MR) is 107 cm³/mol. The van der Waals surface area contributed by atoms with Crippen molar-refractivity contribution in [3.05, 3.63) is 29.7 Å². The van der Waals surface area contributed by atoms with Crippen LogP contribution in [0.3, 0.4) is 0 Å². The molecule has 6 nitrogen and oxygen atoms in total. The summed E-state index contributed by atoms with van der Waals surface area (Å²) in [7, 11) is -2.69. The summed E-state index contributed by atoms with van der Waals surface area (Å²) in [4.78, 5) is 8.86. The number of nitrogens with one attached hydrogen (secondary N) is 1. The van der Waals surface area contributed by atoms with Gasteiger partial charge in [-0.3, -0.25) is 9.76 Å². The van der Waals surface area contributed by atoms with E-state index in [1.807, 2.05) is 40.7 Å². The summed E-state index contributed by atoms with van der Waals surface area (Å²) >= 11 is 0. The average molecular weight is 379 g/mol. The van der Waals surface area contributed by atoms with Crippen molar-refractivity contribution in [1.29, 1.82) is 4.78 Å². The van der Waals surface area contributed by atoms with Crippen LogP contribution in [-0.4, -0.2) is 31.3 Å². The summed E-state index contributed by atoms with van der Waals surface area (Å²) in [6.07, 6.45) is 6.09. The number of nitrogens with zero attached hydrogens (tertiary/aromatic N) is 2. The lowest BCUT2D eigenvalue weighted by molar-refractivity contribution is 0.193. The summed E-state index contributed by atoms with van der Waals surface area (Å²) in [5, 5.41) is 1.83. The number of hydrogen-bond donors (Lipinski definition) is 2. The highest BCUT2D eigenvalue weighted by Crippen LogP contribution is 2.32. The summed E-state index contributed by atoms with van der Waals surface area (Å²) in [6, 6.07) is 1.91. The number of rotatable bonds is 7. The van der Waals surface area contributed by atoms with Gasteiger partial charge in [0.15, 0.2) is 0 Å². The lowest BCUT2D eigenvalue weighted by Gasteiger charge is -2.28. The van der Waals surface area contributed by atoms with Crippen molar-refractivity contribution in [2.75, 3.05) is 6.26 Å². The Bertz CT molecular complexity index is 894. The zero-order valence-corrected chi connectivity index (χ0v) is 17.3. The molecule has 0 aromatic carbocycles. The fraction of sp³-hybridized carbons (Fsp3) is 0.579. The number of fused-ring (bicyclic) bond motifs is 1. The number of pyridine rings is 2. The molecule has 0 radical (unpaired) electrons. The van der Waals surface area contributed by atoms with E-state index in [-0.39, 0.29) is 12.1 Å². The molecule has 0 saturated heterocycles. The lowest BCUT2D eigenvalue weighted by Crippen LogP contribution is -2.35. The highest BCUT2D eigenvalue weighted by Gasteiger charge is 2.30. The quantitative estimate of drug-likeness (QED) is 0.759. The van der Waals surface area contributed by atoms with E-state index in [2.05, 4.69) is 9.97 Å². The Morgan fingerprint density at radius 3 is 2.54 bits per heavy atom. The molecule has 3 N–H and O–H groups in total. The molecule has 26 heavy (non-hydrogen) atoms. The van der Waals surface area contributed by atoms with Crippen LogP contribution in [0.2, 0.25) is 0 Å². The Hall–Kier alpha value is -1.73. The zero-order valence-electron chi connectivity index (χ0n) is 16.5. The number of ether oxygens (including phenoxy) is 1. The molecule has 0 saturated carbocycles. The van der Waals surface area contributed by atoms with Crippen molar-refractivity contribution in [2.45, 2.75) is 64.4 Å². The monoisotopic (exact) mass is 378 g/mol. The number of hydrogen-bond acceptors (Lipinski definition) is 6. The van der Waals surface area contributed by atoms with Crippen LogP contribution in [0.1, 0.15) is 57.8 Å².